The van der Waals surface area contributed by atoms with Crippen molar-refractivity contribution in [2.24, 2.45) is 0 Å². The summed E-state index contributed by atoms with van der Waals surface area (Å²) in [5.41, 5.74) is 1.34. The lowest BCUT2D eigenvalue weighted by Gasteiger charge is -2.30. The molecule has 26 heavy (non-hydrogen) atoms. The Balaban J connectivity index is 2.82. The molecular formula is C20H34I2O3Si. The summed E-state index contributed by atoms with van der Waals surface area (Å²) in [6, 6.07) is 7.54. The molecule has 0 unspecified atom stereocenters. The Morgan fingerprint density at radius 2 is 1.27 bits per heavy atom. The van der Waals surface area contributed by atoms with Crippen LogP contribution in [-0.2, 0) is 19.7 Å². The van der Waals surface area contributed by atoms with Gasteiger partial charge in [-0.05, 0) is 88.6 Å². The van der Waals surface area contributed by atoms with Gasteiger partial charge in [0.25, 0.3) is 0 Å². The molecule has 0 aliphatic heterocycles. The lowest BCUT2D eigenvalue weighted by atomic mass is 10.2. The fourth-order valence-corrected chi connectivity index (χ4v) is 6.01. The second kappa shape index (κ2) is 14.7. The molecule has 0 heterocycles. The number of rotatable bonds is 15. The van der Waals surface area contributed by atoms with Gasteiger partial charge in [-0.15, -0.1) is 0 Å². The highest BCUT2D eigenvalue weighted by Crippen LogP contribution is 2.23. The molecule has 0 saturated heterocycles. The molecule has 1 aromatic carbocycles. The van der Waals surface area contributed by atoms with Gasteiger partial charge in [0, 0.05) is 33.0 Å². The Morgan fingerprint density at radius 1 is 0.769 bits per heavy atom. The van der Waals surface area contributed by atoms with Gasteiger partial charge in [-0.25, -0.2) is 0 Å². The predicted octanol–water partition coefficient (Wildman–Crippen LogP) is 6.83. The van der Waals surface area contributed by atoms with E-state index in [0.717, 1.165) is 70.8 Å². The van der Waals surface area contributed by atoms with Crippen LogP contribution in [0.15, 0.2) is 18.2 Å². The molecule has 0 fully saturated rings. The fourth-order valence-electron chi connectivity index (χ4n) is 2.45. The van der Waals surface area contributed by atoms with E-state index in [9.17, 15) is 0 Å². The number of halogens is 2. The van der Waals surface area contributed by atoms with Crippen LogP contribution >= 0.6 is 45.2 Å². The van der Waals surface area contributed by atoms with Gasteiger partial charge in [0.1, 0.15) is 0 Å². The molecule has 0 amide bonds. The van der Waals surface area contributed by atoms with Crippen LogP contribution < -0.4 is 0 Å². The van der Waals surface area contributed by atoms with E-state index in [-0.39, 0.29) is 0 Å². The van der Waals surface area contributed by atoms with E-state index in [1.54, 1.807) is 0 Å². The molecule has 0 spiro atoms. The van der Waals surface area contributed by atoms with Crippen LogP contribution in [0.2, 0.25) is 6.04 Å². The molecular weight excluding hydrogens is 570 g/mol. The van der Waals surface area contributed by atoms with Crippen molar-refractivity contribution >= 4 is 54.0 Å². The van der Waals surface area contributed by atoms with Crippen LogP contribution in [0.1, 0.15) is 64.9 Å². The van der Waals surface area contributed by atoms with Gasteiger partial charge in [-0.3, -0.25) is 0 Å². The van der Waals surface area contributed by atoms with Crippen molar-refractivity contribution in [3.63, 3.8) is 0 Å². The van der Waals surface area contributed by atoms with Crippen LogP contribution in [-0.4, -0.2) is 28.6 Å². The predicted molar refractivity (Wildman–Crippen MR) is 129 cm³/mol. The third-order valence-electron chi connectivity index (χ3n) is 4.16. The number of hydrogen-bond acceptors (Lipinski definition) is 3. The van der Waals surface area contributed by atoms with Crippen LogP contribution in [0, 0.1) is 7.14 Å². The van der Waals surface area contributed by atoms with Gasteiger partial charge < -0.3 is 13.3 Å². The maximum absolute atomic E-state index is 6.33. The topological polar surface area (TPSA) is 27.7 Å². The van der Waals surface area contributed by atoms with E-state index in [2.05, 4.69) is 84.2 Å². The standard InChI is InChI=1S/C20H34I2O3Si/c1-4-7-13-23-26(24-14-8-5-2,25-15-9-6-3)16-12-18-10-11-19(21)20(22)17-18/h10-11,17H,4-9,12-16H2,1-3H3. The van der Waals surface area contributed by atoms with Crippen LogP contribution in [0.4, 0.5) is 0 Å². The summed E-state index contributed by atoms with van der Waals surface area (Å²) >= 11 is 4.78. The lowest BCUT2D eigenvalue weighted by Crippen LogP contribution is -2.47. The summed E-state index contributed by atoms with van der Waals surface area (Å²) in [7, 11) is -2.63. The molecule has 0 saturated carbocycles. The normalized spacial score (nSPS) is 11.9. The molecule has 0 aliphatic rings. The number of unbranched alkanes of at least 4 members (excludes halogenated alkanes) is 3. The van der Waals surface area contributed by atoms with Crippen LogP contribution in [0.3, 0.4) is 0 Å². The van der Waals surface area contributed by atoms with Crippen molar-refractivity contribution in [2.75, 3.05) is 19.8 Å². The molecule has 3 nitrogen and oxygen atoms in total. The van der Waals surface area contributed by atoms with E-state index in [1.165, 1.54) is 12.7 Å². The minimum Gasteiger partial charge on any atom is -0.373 e. The summed E-state index contributed by atoms with van der Waals surface area (Å²) in [4.78, 5) is 0. The van der Waals surface area contributed by atoms with Gasteiger partial charge in [-0.1, -0.05) is 46.1 Å². The van der Waals surface area contributed by atoms with Gasteiger partial charge in [0.15, 0.2) is 0 Å². The molecule has 1 rings (SSSR count). The summed E-state index contributed by atoms with van der Waals surface area (Å²) < 4.78 is 21.6. The molecule has 0 radical (unpaired) electrons. The first kappa shape index (κ1) is 24.8. The monoisotopic (exact) mass is 604 g/mol. The summed E-state index contributed by atoms with van der Waals surface area (Å²) in [5, 5.41) is 0. The van der Waals surface area contributed by atoms with E-state index < -0.39 is 8.80 Å². The van der Waals surface area contributed by atoms with Crippen molar-refractivity contribution in [2.45, 2.75) is 71.8 Å². The quantitative estimate of drug-likeness (QED) is 0.125. The minimum absolute atomic E-state index is 0.741. The number of benzene rings is 1. The zero-order valence-corrected chi connectivity index (χ0v) is 21.8. The maximum Gasteiger partial charge on any atom is 0.501 e. The first-order valence-electron chi connectivity index (χ1n) is 9.92. The Kier molecular flexibility index (Phi) is 14.1. The van der Waals surface area contributed by atoms with Gasteiger partial charge >= 0.3 is 8.80 Å². The Labute approximate surface area is 188 Å². The second-order valence-corrected chi connectivity index (χ2v) is 11.6. The zero-order chi connectivity index (χ0) is 19.3. The lowest BCUT2D eigenvalue weighted by molar-refractivity contribution is 0.0564. The van der Waals surface area contributed by atoms with Crippen molar-refractivity contribution in [3.8, 4) is 0 Å². The smallest absolute Gasteiger partial charge is 0.373 e. The number of hydrogen-bond donors (Lipinski definition) is 0. The maximum atomic E-state index is 6.33. The van der Waals surface area contributed by atoms with Gasteiger partial charge in [0.2, 0.25) is 0 Å². The van der Waals surface area contributed by atoms with Crippen molar-refractivity contribution in [3.05, 3.63) is 30.9 Å². The van der Waals surface area contributed by atoms with Crippen molar-refractivity contribution in [1.82, 2.24) is 0 Å². The van der Waals surface area contributed by atoms with Crippen LogP contribution in [0.25, 0.3) is 0 Å². The molecule has 150 valence electrons. The highest BCUT2D eigenvalue weighted by atomic mass is 127. The van der Waals surface area contributed by atoms with Crippen molar-refractivity contribution < 1.29 is 13.3 Å². The third-order valence-corrected chi connectivity index (χ3v) is 9.82. The average Bonchev–Trinajstić information content (AvgIpc) is 2.63. The summed E-state index contributed by atoms with van der Waals surface area (Å²) in [6.07, 6.45) is 7.51. The Morgan fingerprint density at radius 3 is 1.69 bits per heavy atom. The van der Waals surface area contributed by atoms with E-state index >= 15 is 0 Å². The number of aryl methyl sites for hydroxylation is 1. The minimum atomic E-state index is -2.63. The molecule has 0 bridgehead atoms. The first-order chi connectivity index (χ1) is 12.6. The molecule has 0 N–H and O–H groups in total. The second-order valence-electron chi connectivity index (χ2n) is 6.54. The fraction of sp³-hybridized carbons (Fsp3) is 0.700. The van der Waals surface area contributed by atoms with E-state index in [1.807, 2.05) is 0 Å². The summed E-state index contributed by atoms with van der Waals surface area (Å²) in [6.45, 7) is 8.80. The third kappa shape index (κ3) is 9.82. The molecule has 6 heteroatoms. The average molecular weight is 604 g/mol. The molecule has 0 aliphatic carbocycles. The van der Waals surface area contributed by atoms with Gasteiger partial charge in [-0.2, -0.15) is 0 Å². The highest BCUT2D eigenvalue weighted by Gasteiger charge is 2.40. The van der Waals surface area contributed by atoms with E-state index in [0.29, 0.717) is 0 Å². The Hall–Kier alpha value is 0.777. The van der Waals surface area contributed by atoms with Gasteiger partial charge in [0.05, 0.1) is 0 Å². The Bertz CT molecular complexity index is 473. The van der Waals surface area contributed by atoms with Crippen molar-refractivity contribution in [1.29, 1.82) is 0 Å². The largest absolute Gasteiger partial charge is 0.501 e. The highest BCUT2D eigenvalue weighted by molar-refractivity contribution is 14.1. The molecule has 0 atom stereocenters. The van der Waals surface area contributed by atoms with Crippen LogP contribution in [0.5, 0.6) is 0 Å². The molecule has 0 aromatic heterocycles. The zero-order valence-electron chi connectivity index (χ0n) is 16.5. The van der Waals surface area contributed by atoms with E-state index in [4.69, 9.17) is 13.3 Å². The summed E-state index contributed by atoms with van der Waals surface area (Å²) in [5.74, 6) is 0. The SMILES string of the molecule is CCCCO[Si](CCc1ccc(I)c(I)c1)(OCCCC)OCCCC. The molecule has 1 aromatic rings. The first-order valence-corrected chi connectivity index (χ1v) is 14.0.